The van der Waals surface area contributed by atoms with Crippen molar-refractivity contribution in [3.8, 4) is 0 Å². The van der Waals surface area contributed by atoms with Crippen LogP contribution in [0.4, 0.5) is 23.7 Å². The molecule has 0 unspecified atom stereocenters. The molecular weight excluding hydrogens is 392 g/mol. The summed E-state index contributed by atoms with van der Waals surface area (Å²) >= 11 is 1.89. The predicted octanol–water partition coefficient (Wildman–Crippen LogP) is 3.02. The van der Waals surface area contributed by atoms with Crippen molar-refractivity contribution in [2.24, 2.45) is 0 Å². The van der Waals surface area contributed by atoms with Gasteiger partial charge in [-0.1, -0.05) is 0 Å². The fourth-order valence-electron chi connectivity index (χ4n) is 1.35. The fraction of sp³-hybridized carbons (Fsp3) is 0.273. The fourth-order valence-corrected chi connectivity index (χ4v) is 1.84. The number of hydrogen-bond donors (Lipinski definition) is 2. The molecule has 0 fully saturated rings. The van der Waals surface area contributed by atoms with Crippen LogP contribution in [0.25, 0.3) is 0 Å². The third-order valence-electron chi connectivity index (χ3n) is 2.22. The van der Waals surface area contributed by atoms with E-state index in [1.54, 1.807) is 0 Å². The Labute approximate surface area is 125 Å². The normalized spacial score (nSPS) is 11.1. The van der Waals surface area contributed by atoms with Gasteiger partial charge in [0.05, 0.1) is 11.3 Å². The monoisotopic (exact) mass is 402 g/mol. The summed E-state index contributed by atoms with van der Waals surface area (Å²) in [5.41, 5.74) is -0.248. The van der Waals surface area contributed by atoms with Gasteiger partial charge < -0.3 is 15.3 Å². The molecule has 1 aromatic rings. The smallest absolute Gasteiger partial charge is 0.406 e. The maximum absolute atomic E-state index is 12.1. The Morgan fingerprint density at radius 1 is 1.40 bits per heavy atom. The van der Waals surface area contributed by atoms with E-state index in [9.17, 15) is 22.8 Å². The second-order valence-electron chi connectivity index (χ2n) is 3.90. The van der Waals surface area contributed by atoms with Crippen molar-refractivity contribution < 1.29 is 27.9 Å². The van der Waals surface area contributed by atoms with Crippen LogP contribution in [0.5, 0.6) is 0 Å². The molecule has 0 saturated carbocycles. The molecule has 1 aromatic carbocycles. The number of amides is 2. The van der Waals surface area contributed by atoms with Gasteiger partial charge in [0.25, 0.3) is 0 Å². The van der Waals surface area contributed by atoms with Crippen LogP contribution in [0.1, 0.15) is 10.4 Å². The first-order valence-electron chi connectivity index (χ1n) is 5.22. The summed E-state index contributed by atoms with van der Waals surface area (Å²) < 4.78 is 37.1. The Morgan fingerprint density at radius 2 is 2.00 bits per heavy atom. The van der Waals surface area contributed by atoms with Crippen LogP contribution in [0.15, 0.2) is 18.2 Å². The summed E-state index contributed by atoms with van der Waals surface area (Å²) in [5.74, 6) is -1.28. The Kier molecular flexibility index (Phi) is 5.20. The summed E-state index contributed by atoms with van der Waals surface area (Å²) in [6, 6.07) is 3.13. The first-order valence-corrected chi connectivity index (χ1v) is 6.30. The van der Waals surface area contributed by atoms with Crippen molar-refractivity contribution in [1.82, 2.24) is 4.90 Å². The SMILES string of the molecule is CN(CC(F)(F)F)C(=O)Nc1ccc(I)cc1C(=O)O. The molecule has 0 aliphatic heterocycles. The van der Waals surface area contributed by atoms with E-state index in [1.165, 1.54) is 18.2 Å². The topological polar surface area (TPSA) is 69.6 Å². The average Bonchev–Trinajstić information content (AvgIpc) is 2.28. The lowest BCUT2D eigenvalue weighted by Crippen LogP contribution is -2.38. The number of alkyl halides is 3. The van der Waals surface area contributed by atoms with Gasteiger partial charge in [0.1, 0.15) is 6.54 Å². The van der Waals surface area contributed by atoms with Gasteiger partial charge in [-0.15, -0.1) is 0 Å². The number of halogens is 4. The Balaban J connectivity index is 2.88. The van der Waals surface area contributed by atoms with Crippen molar-refractivity contribution in [2.45, 2.75) is 6.18 Å². The van der Waals surface area contributed by atoms with Gasteiger partial charge in [0, 0.05) is 10.6 Å². The van der Waals surface area contributed by atoms with E-state index in [0.717, 1.165) is 7.05 Å². The number of hydrogen-bond acceptors (Lipinski definition) is 2. The van der Waals surface area contributed by atoms with Gasteiger partial charge >= 0.3 is 18.2 Å². The Bertz CT molecular complexity index is 534. The lowest BCUT2D eigenvalue weighted by molar-refractivity contribution is -0.137. The van der Waals surface area contributed by atoms with Gasteiger partial charge in [-0.05, 0) is 40.8 Å². The van der Waals surface area contributed by atoms with Crippen LogP contribution in [0.2, 0.25) is 0 Å². The molecule has 0 aliphatic rings. The van der Waals surface area contributed by atoms with Gasteiger partial charge in [0.15, 0.2) is 0 Å². The highest BCUT2D eigenvalue weighted by Gasteiger charge is 2.31. The number of urea groups is 1. The third-order valence-corrected chi connectivity index (χ3v) is 2.89. The molecule has 0 spiro atoms. The number of rotatable bonds is 3. The molecule has 2 N–H and O–H groups in total. The van der Waals surface area contributed by atoms with E-state index in [-0.39, 0.29) is 11.3 Å². The van der Waals surface area contributed by atoms with Crippen LogP contribution >= 0.6 is 22.6 Å². The number of carboxylic acids is 1. The summed E-state index contributed by atoms with van der Waals surface area (Å²) in [7, 11) is 0.968. The molecular formula is C11H10F3IN2O3. The minimum Gasteiger partial charge on any atom is -0.478 e. The molecule has 0 heterocycles. The highest BCUT2D eigenvalue weighted by atomic mass is 127. The standard InChI is InChI=1S/C11H10F3IN2O3/c1-17(5-11(12,13)14)10(20)16-8-3-2-6(15)4-7(8)9(18)19/h2-4H,5H2,1H3,(H,16,20)(H,18,19). The number of carbonyl (C=O) groups is 2. The summed E-state index contributed by atoms with van der Waals surface area (Å²) in [6.07, 6.45) is -4.52. The van der Waals surface area contributed by atoms with E-state index in [0.29, 0.717) is 8.47 Å². The number of nitrogens with zero attached hydrogens (tertiary/aromatic N) is 1. The average molecular weight is 402 g/mol. The second kappa shape index (κ2) is 6.29. The van der Waals surface area contributed by atoms with Gasteiger partial charge in [-0.2, -0.15) is 13.2 Å². The molecule has 110 valence electrons. The van der Waals surface area contributed by atoms with E-state index in [2.05, 4.69) is 5.32 Å². The summed E-state index contributed by atoms with van der Waals surface area (Å²) in [5, 5.41) is 11.1. The number of carbonyl (C=O) groups excluding carboxylic acids is 1. The molecule has 0 aromatic heterocycles. The zero-order valence-corrected chi connectivity index (χ0v) is 12.3. The first kappa shape index (κ1) is 16.5. The summed E-state index contributed by atoms with van der Waals surface area (Å²) in [4.78, 5) is 23.0. The quantitative estimate of drug-likeness (QED) is 0.764. The van der Waals surface area contributed by atoms with Crippen LogP contribution in [0.3, 0.4) is 0 Å². The molecule has 5 nitrogen and oxygen atoms in total. The van der Waals surface area contributed by atoms with Gasteiger partial charge in [-0.25, -0.2) is 9.59 Å². The highest BCUT2D eigenvalue weighted by Crippen LogP contribution is 2.20. The van der Waals surface area contributed by atoms with Crippen LogP contribution in [0, 0.1) is 3.57 Å². The maximum Gasteiger partial charge on any atom is 0.406 e. The lowest BCUT2D eigenvalue weighted by atomic mass is 10.2. The number of carboxylic acid groups (broad SMARTS) is 1. The van der Waals surface area contributed by atoms with E-state index in [4.69, 9.17) is 5.11 Å². The molecule has 9 heteroatoms. The Morgan fingerprint density at radius 3 is 2.50 bits per heavy atom. The van der Waals surface area contributed by atoms with Crippen LogP contribution in [-0.2, 0) is 0 Å². The zero-order chi connectivity index (χ0) is 15.5. The van der Waals surface area contributed by atoms with Crippen LogP contribution < -0.4 is 5.32 Å². The number of nitrogens with one attached hydrogen (secondary N) is 1. The largest absolute Gasteiger partial charge is 0.478 e. The molecule has 2 amide bonds. The van der Waals surface area contributed by atoms with Crippen molar-refractivity contribution in [3.05, 3.63) is 27.3 Å². The van der Waals surface area contributed by atoms with Gasteiger partial charge in [-0.3, -0.25) is 0 Å². The zero-order valence-electron chi connectivity index (χ0n) is 10.2. The van der Waals surface area contributed by atoms with Crippen molar-refractivity contribution in [2.75, 3.05) is 18.9 Å². The van der Waals surface area contributed by atoms with Crippen molar-refractivity contribution in [1.29, 1.82) is 0 Å². The Hall–Kier alpha value is -1.52. The molecule has 0 radical (unpaired) electrons. The third kappa shape index (κ3) is 4.87. The molecule has 0 saturated heterocycles. The molecule has 0 bridgehead atoms. The predicted molar refractivity (Wildman–Crippen MR) is 73.8 cm³/mol. The maximum atomic E-state index is 12.1. The van der Waals surface area contributed by atoms with Crippen molar-refractivity contribution >= 4 is 40.3 Å². The molecule has 0 atom stereocenters. The van der Waals surface area contributed by atoms with E-state index in [1.807, 2.05) is 22.6 Å². The minimum atomic E-state index is -4.52. The molecule has 1 rings (SSSR count). The lowest BCUT2D eigenvalue weighted by Gasteiger charge is -2.20. The molecule has 20 heavy (non-hydrogen) atoms. The van der Waals surface area contributed by atoms with E-state index >= 15 is 0 Å². The second-order valence-corrected chi connectivity index (χ2v) is 5.14. The van der Waals surface area contributed by atoms with Crippen LogP contribution in [-0.4, -0.2) is 41.8 Å². The summed E-state index contributed by atoms with van der Waals surface area (Å²) in [6.45, 7) is -1.42. The van der Waals surface area contributed by atoms with Gasteiger partial charge in [0.2, 0.25) is 0 Å². The minimum absolute atomic E-state index is 0.0584. The number of aromatic carboxylic acids is 1. The first-order chi connectivity index (χ1) is 9.10. The molecule has 0 aliphatic carbocycles. The van der Waals surface area contributed by atoms with E-state index < -0.39 is 24.7 Å². The highest BCUT2D eigenvalue weighted by molar-refractivity contribution is 14.1. The number of benzene rings is 1. The number of anilines is 1. The van der Waals surface area contributed by atoms with Crippen molar-refractivity contribution in [3.63, 3.8) is 0 Å².